The van der Waals surface area contributed by atoms with E-state index >= 15 is 0 Å². The second kappa shape index (κ2) is 22.3. The molecule has 6 aliphatic rings. The van der Waals surface area contributed by atoms with Crippen molar-refractivity contribution in [1.29, 1.82) is 0 Å². The van der Waals surface area contributed by atoms with Gasteiger partial charge in [0.15, 0.2) is 0 Å². The molecule has 4 nitrogen and oxygen atoms in total. The summed E-state index contributed by atoms with van der Waals surface area (Å²) in [5.41, 5.74) is 1.87. The number of hydrogen-bond donors (Lipinski definition) is 0. The van der Waals surface area contributed by atoms with Crippen molar-refractivity contribution >= 4 is 23.1 Å². The van der Waals surface area contributed by atoms with Gasteiger partial charge in [-0.2, -0.15) is 0 Å². The molecule has 6 rings (SSSR count). The fraction of sp³-hybridized carbons (Fsp3) is 0.864. The minimum atomic E-state index is 0.273. The molecular weight excluding hydrogens is 592 g/mol. The lowest BCUT2D eigenvalue weighted by atomic mass is 9.72. The highest BCUT2D eigenvalue weighted by Gasteiger charge is 2.30. The Labute approximate surface area is 295 Å². The van der Waals surface area contributed by atoms with Crippen LogP contribution in [-0.2, 0) is 19.2 Å². The molecule has 5 saturated carbocycles. The number of unbranched alkanes of at least 4 members (excludes halogenated alkanes) is 2. The summed E-state index contributed by atoms with van der Waals surface area (Å²) in [7, 11) is 0. The monoisotopic (exact) mass is 667 g/mol. The maximum Gasteiger partial charge on any atom is 0.133 e. The molecule has 48 heavy (non-hydrogen) atoms. The van der Waals surface area contributed by atoms with Crippen molar-refractivity contribution in [2.75, 3.05) is 0 Å². The van der Waals surface area contributed by atoms with Gasteiger partial charge in [-0.25, -0.2) is 0 Å². The van der Waals surface area contributed by atoms with Gasteiger partial charge >= 0.3 is 0 Å². The largest absolute Gasteiger partial charge is 0.300 e. The Morgan fingerprint density at radius 2 is 1.29 bits per heavy atom. The van der Waals surface area contributed by atoms with Gasteiger partial charge in [-0.1, -0.05) is 97.1 Å². The summed E-state index contributed by atoms with van der Waals surface area (Å²) < 4.78 is 0. The highest BCUT2D eigenvalue weighted by atomic mass is 16.1. The SMILES string of the molecule is CC1CC(=O)CC(C)(C)C1.CCCCCC1CCC(=O)CC1.O=C1CCCC(C2=CCCCC2)C1.O=C1CCCC(C2CCCCC2)C1. The first-order valence-electron chi connectivity index (χ1n) is 20.8. The molecule has 0 radical (unpaired) electrons. The van der Waals surface area contributed by atoms with Gasteiger partial charge in [0.25, 0.3) is 0 Å². The minimum absolute atomic E-state index is 0.273. The second-order valence-corrected chi connectivity index (χ2v) is 17.5. The lowest BCUT2D eigenvalue weighted by Gasteiger charge is -2.32. The van der Waals surface area contributed by atoms with Gasteiger partial charge < -0.3 is 0 Å². The number of rotatable bonds is 6. The van der Waals surface area contributed by atoms with Crippen molar-refractivity contribution in [2.24, 2.45) is 35.0 Å². The molecule has 0 N–H and O–H groups in total. The fourth-order valence-corrected chi connectivity index (χ4v) is 9.69. The molecule has 0 aromatic carbocycles. The molecule has 0 heterocycles. The van der Waals surface area contributed by atoms with Crippen LogP contribution in [0.25, 0.3) is 0 Å². The molecule has 0 amide bonds. The van der Waals surface area contributed by atoms with E-state index < -0.39 is 0 Å². The first kappa shape index (κ1) is 40.8. The van der Waals surface area contributed by atoms with Crippen molar-refractivity contribution in [1.82, 2.24) is 0 Å². The summed E-state index contributed by atoms with van der Waals surface area (Å²) in [6.45, 7) is 8.77. The average Bonchev–Trinajstić information content (AvgIpc) is 3.06. The van der Waals surface area contributed by atoms with E-state index in [0.29, 0.717) is 35.0 Å². The lowest BCUT2D eigenvalue weighted by molar-refractivity contribution is -0.125. The Bertz CT molecular complexity index is 1000. The van der Waals surface area contributed by atoms with Gasteiger partial charge in [0.1, 0.15) is 23.1 Å². The fourth-order valence-electron chi connectivity index (χ4n) is 9.69. The van der Waals surface area contributed by atoms with Crippen LogP contribution in [0.4, 0.5) is 0 Å². The van der Waals surface area contributed by atoms with E-state index in [0.717, 1.165) is 75.5 Å². The maximum atomic E-state index is 11.3. The highest BCUT2D eigenvalue weighted by Crippen LogP contribution is 2.38. The smallest absolute Gasteiger partial charge is 0.133 e. The van der Waals surface area contributed by atoms with Crippen LogP contribution in [0.2, 0.25) is 0 Å². The van der Waals surface area contributed by atoms with Gasteiger partial charge in [0.2, 0.25) is 0 Å². The van der Waals surface area contributed by atoms with E-state index in [2.05, 4.69) is 33.8 Å². The third kappa shape index (κ3) is 16.4. The molecule has 0 bridgehead atoms. The van der Waals surface area contributed by atoms with Crippen molar-refractivity contribution in [3.05, 3.63) is 11.6 Å². The van der Waals surface area contributed by atoms with Crippen molar-refractivity contribution in [3.63, 3.8) is 0 Å². The maximum absolute atomic E-state index is 11.3. The molecule has 0 aliphatic heterocycles. The van der Waals surface area contributed by atoms with E-state index in [1.165, 1.54) is 122 Å². The molecule has 5 fully saturated rings. The first-order chi connectivity index (χ1) is 23.0. The van der Waals surface area contributed by atoms with E-state index in [1.807, 2.05) is 0 Å². The summed E-state index contributed by atoms with van der Waals surface area (Å²) in [6.07, 6.45) is 35.3. The third-order valence-electron chi connectivity index (χ3n) is 12.2. The van der Waals surface area contributed by atoms with E-state index in [1.54, 1.807) is 5.57 Å². The predicted molar refractivity (Wildman–Crippen MR) is 200 cm³/mol. The number of carbonyl (C=O) groups excluding carboxylic acids is 4. The van der Waals surface area contributed by atoms with Crippen LogP contribution in [0.5, 0.6) is 0 Å². The van der Waals surface area contributed by atoms with Crippen molar-refractivity contribution < 1.29 is 19.2 Å². The van der Waals surface area contributed by atoms with Gasteiger partial charge in [0.05, 0.1) is 0 Å². The number of allylic oxidation sites excluding steroid dienone is 2. The minimum Gasteiger partial charge on any atom is -0.300 e. The Balaban J connectivity index is 0.000000175. The zero-order valence-electron chi connectivity index (χ0n) is 31.9. The van der Waals surface area contributed by atoms with Gasteiger partial charge in [-0.3, -0.25) is 19.2 Å². The summed E-state index contributed by atoms with van der Waals surface area (Å²) in [4.78, 5) is 44.6. The lowest BCUT2D eigenvalue weighted by Crippen LogP contribution is -2.27. The van der Waals surface area contributed by atoms with Crippen LogP contribution < -0.4 is 0 Å². The topological polar surface area (TPSA) is 68.3 Å². The van der Waals surface area contributed by atoms with Crippen LogP contribution in [0.1, 0.15) is 207 Å². The Morgan fingerprint density at radius 3 is 1.88 bits per heavy atom. The molecule has 4 heteroatoms. The number of ketones is 4. The summed E-state index contributed by atoms with van der Waals surface area (Å²) >= 11 is 0. The zero-order chi connectivity index (χ0) is 34.8. The zero-order valence-corrected chi connectivity index (χ0v) is 31.9. The van der Waals surface area contributed by atoms with Crippen LogP contribution in [0.3, 0.4) is 0 Å². The average molecular weight is 667 g/mol. The number of hydrogen-bond acceptors (Lipinski definition) is 4. The van der Waals surface area contributed by atoms with E-state index in [4.69, 9.17) is 0 Å². The first-order valence-corrected chi connectivity index (χ1v) is 20.8. The van der Waals surface area contributed by atoms with E-state index in [9.17, 15) is 19.2 Å². The van der Waals surface area contributed by atoms with Crippen LogP contribution in [0.15, 0.2) is 11.6 Å². The van der Waals surface area contributed by atoms with Crippen LogP contribution in [-0.4, -0.2) is 23.1 Å². The summed E-state index contributed by atoms with van der Waals surface area (Å²) in [5.74, 6) is 5.72. The highest BCUT2D eigenvalue weighted by molar-refractivity contribution is 5.80. The molecule has 6 aliphatic carbocycles. The number of Topliss-reactive ketones (excluding diaryl/α,β-unsaturated/α-hetero) is 4. The molecule has 0 saturated heterocycles. The molecule has 274 valence electrons. The normalized spacial score (nSPS) is 28.5. The quantitative estimate of drug-likeness (QED) is 0.209. The second-order valence-electron chi connectivity index (χ2n) is 17.5. The molecule has 0 spiro atoms. The summed E-state index contributed by atoms with van der Waals surface area (Å²) in [5, 5.41) is 0. The predicted octanol–water partition coefficient (Wildman–Crippen LogP) is 12.3. The van der Waals surface area contributed by atoms with Crippen molar-refractivity contribution in [2.45, 2.75) is 207 Å². The standard InChI is InChI=1S/C12H20O.C12H18O.C11H20O.C9H16O/c2*13-12-8-4-7-11(9-12)10-5-2-1-3-6-10;1-2-3-4-5-10-6-8-11(12)9-7-10;1-7-4-8(10)6-9(2,3)5-7/h10-11H,1-9H2;5,11H,1-4,6-9H2;10H,2-9H2,1H3;7H,4-6H2,1-3H3. The number of carbonyl (C=O) groups is 4. The Hall–Kier alpha value is -1.58. The van der Waals surface area contributed by atoms with Crippen LogP contribution >= 0.6 is 0 Å². The summed E-state index contributed by atoms with van der Waals surface area (Å²) in [6, 6.07) is 0. The van der Waals surface area contributed by atoms with Gasteiger partial charge in [-0.05, 0) is 106 Å². The van der Waals surface area contributed by atoms with E-state index in [-0.39, 0.29) is 5.41 Å². The van der Waals surface area contributed by atoms with Crippen molar-refractivity contribution in [3.8, 4) is 0 Å². The third-order valence-corrected chi connectivity index (χ3v) is 12.2. The van der Waals surface area contributed by atoms with Crippen LogP contribution in [0, 0.1) is 35.0 Å². The Kier molecular flexibility index (Phi) is 19.0. The molecule has 0 aromatic rings. The molecule has 3 unspecified atom stereocenters. The molecular formula is C44H74O4. The molecule has 3 atom stereocenters. The molecule has 0 aromatic heterocycles. The Morgan fingerprint density at radius 1 is 0.625 bits per heavy atom. The van der Waals surface area contributed by atoms with Gasteiger partial charge in [-0.15, -0.1) is 0 Å². The van der Waals surface area contributed by atoms with Gasteiger partial charge in [0, 0.05) is 51.4 Å².